The molecule has 0 bridgehead atoms. The maximum Gasteiger partial charge on any atom is 0.313 e. The summed E-state index contributed by atoms with van der Waals surface area (Å²) in [6.45, 7) is 6.76. The van der Waals surface area contributed by atoms with Crippen molar-refractivity contribution in [1.29, 1.82) is 0 Å². The Morgan fingerprint density at radius 3 is 2.30 bits per heavy atom. The number of H-pyrrole nitrogens is 1. The first kappa shape index (κ1) is 20.7. The highest BCUT2D eigenvalue weighted by atomic mass is 16.4. The summed E-state index contributed by atoms with van der Waals surface area (Å²) >= 11 is 0. The lowest BCUT2D eigenvalue weighted by Gasteiger charge is -2.35. The van der Waals surface area contributed by atoms with Gasteiger partial charge in [0.25, 0.3) is 5.89 Å². The molecule has 3 heterocycles. The predicted molar refractivity (Wildman–Crippen MR) is 129 cm³/mol. The molecule has 33 heavy (non-hydrogen) atoms. The van der Waals surface area contributed by atoms with Gasteiger partial charge in [-0.2, -0.15) is 0 Å². The van der Waals surface area contributed by atoms with Crippen molar-refractivity contribution < 1.29 is 4.42 Å². The maximum absolute atomic E-state index is 5.65. The van der Waals surface area contributed by atoms with E-state index in [2.05, 4.69) is 82.4 Å². The molecular formula is C25H25N7O. The second kappa shape index (κ2) is 7.74. The van der Waals surface area contributed by atoms with Crippen LogP contribution in [-0.2, 0) is 5.41 Å². The van der Waals surface area contributed by atoms with Crippen LogP contribution in [0.5, 0.6) is 0 Å². The van der Waals surface area contributed by atoms with Crippen molar-refractivity contribution in [3.8, 4) is 22.6 Å². The molecule has 0 aliphatic heterocycles. The molecule has 5 N–H and O–H groups in total. The molecule has 1 atom stereocenters. The van der Waals surface area contributed by atoms with Gasteiger partial charge >= 0.3 is 6.01 Å². The zero-order chi connectivity index (χ0) is 23.2. The molecular weight excluding hydrogens is 414 g/mol. The summed E-state index contributed by atoms with van der Waals surface area (Å²) in [6.07, 6.45) is 5.56. The van der Waals surface area contributed by atoms with Crippen LogP contribution in [0.25, 0.3) is 33.5 Å². The number of hydrogen-bond acceptors (Lipinski definition) is 7. The number of nitrogen functional groups attached to an aromatic ring is 2. The maximum atomic E-state index is 5.65. The number of nitrogens with two attached hydrogens (primary N) is 2. The van der Waals surface area contributed by atoms with Crippen molar-refractivity contribution in [2.45, 2.75) is 26.2 Å². The molecule has 166 valence electrons. The standard InChI is InChI=1S/C25H25N7O/c1-14(2)25(3,17-9-7-15(8-10-17)16-11-29-23(26)30-12-16)20-13-28-21-18(20)5-4-6-19(21)22-31-32-24(27)33-22/h4-14,28H,1-3H3,(H2,27,32)(H2,26,29,30). The van der Waals surface area contributed by atoms with Crippen LogP contribution in [-0.4, -0.2) is 25.1 Å². The zero-order valence-electron chi connectivity index (χ0n) is 18.7. The Labute approximate surface area is 191 Å². The quantitative estimate of drug-likeness (QED) is 0.358. The van der Waals surface area contributed by atoms with E-state index >= 15 is 0 Å². The first-order valence-corrected chi connectivity index (χ1v) is 10.8. The third-order valence-electron chi connectivity index (χ3n) is 6.59. The number of nitrogens with one attached hydrogen (secondary N) is 1. The van der Waals surface area contributed by atoms with Crippen molar-refractivity contribution in [3.05, 3.63) is 72.2 Å². The lowest BCUT2D eigenvalue weighted by atomic mass is 9.68. The number of aromatic nitrogens is 5. The zero-order valence-corrected chi connectivity index (χ0v) is 18.7. The second-order valence-corrected chi connectivity index (χ2v) is 8.64. The Hall–Kier alpha value is -4.20. The van der Waals surface area contributed by atoms with E-state index in [-0.39, 0.29) is 17.4 Å². The molecule has 5 rings (SSSR count). The minimum Gasteiger partial charge on any atom is -0.403 e. The van der Waals surface area contributed by atoms with E-state index in [0.717, 1.165) is 27.6 Å². The van der Waals surface area contributed by atoms with E-state index in [1.165, 1.54) is 11.1 Å². The van der Waals surface area contributed by atoms with E-state index < -0.39 is 0 Å². The summed E-state index contributed by atoms with van der Waals surface area (Å²) in [6, 6.07) is 14.7. The van der Waals surface area contributed by atoms with Gasteiger partial charge < -0.3 is 20.9 Å². The molecule has 0 saturated carbocycles. The highest BCUT2D eigenvalue weighted by Gasteiger charge is 2.35. The number of hydrogen-bond donors (Lipinski definition) is 3. The van der Waals surface area contributed by atoms with Crippen LogP contribution >= 0.6 is 0 Å². The van der Waals surface area contributed by atoms with Crippen LogP contribution in [0.2, 0.25) is 0 Å². The largest absolute Gasteiger partial charge is 0.403 e. The van der Waals surface area contributed by atoms with Gasteiger partial charge in [-0.15, -0.1) is 5.10 Å². The Balaban J connectivity index is 1.60. The number of aromatic amines is 1. The number of benzene rings is 2. The van der Waals surface area contributed by atoms with Gasteiger partial charge in [-0.25, -0.2) is 9.97 Å². The predicted octanol–water partition coefficient (Wildman–Crippen LogP) is 4.80. The second-order valence-electron chi connectivity index (χ2n) is 8.64. The number of fused-ring (bicyclic) bond motifs is 1. The molecule has 0 amide bonds. The van der Waals surface area contributed by atoms with Crippen LogP contribution in [0.4, 0.5) is 12.0 Å². The van der Waals surface area contributed by atoms with E-state index in [1.54, 1.807) is 12.4 Å². The van der Waals surface area contributed by atoms with Crippen molar-refractivity contribution in [3.63, 3.8) is 0 Å². The van der Waals surface area contributed by atoms with Gasteiger partial charge in [0, 0.05) is 35.0 Å². The fourth-order valence-corrected chi connectivity index (χ4v) is 4.40. The van der Waals surface area contributed by atoms with Crippen LogP contribution in [0.1, 0.15) is 31.9 Å². The molecule has 0 spiro atoms. The number of para-hydroxylation sites is 1. The van der Waals surface area contributed by atoms with Gasteiger partial charge in [0.2, 0.25) is 5.95 Å². The third-order valence-corrected chi connectivity index (χ3v) is 6.59. The minimum absolute atomic E-state index is 0.0485. The Morgan fingerprint density at radius 1 is 0.939 bits per heavy atom. The topological polar surface area (TPSA) is 133 Å². The first-order chi connectivity index (χ1) is 15.9. The molecule has 8 nitrogen and oxygen atoms in total. The van der Waals surface area contributed by atoms with Gasteiger partial charge in [0.15, 0.2) is 0 Å². The summed E-state index contributed by atoms with van der Waals surface area (Å²) in [5, 5.41) is 8.97. The van der Waals surface area contributed by atoms with E-state index in [1.807, 2.05) is 12.1 Å². The van der Waals surface area contributed by atoms with Gasteiger partial charge in [0.05, 0.1) is 11.1 Å². The molecule has 0 aliphatic rings. The van der Waals surface area contributed by atoms with Gasteiger partial charge in [-0.05, 0) is 28.7 Å². The molecule has 0 aliphatic carbocycles. The lowest BCUT2D eigenvalue weighted by Crippen LogP contribution is -2.29. The molecule has 3 aromatic heterocycles. The van der Waals surface area contributed by atoms with E-state index in [0.29, 0.717) is 11.8 Å². The summed E-state index contributed by atoms with van der Waals surface area (Å²) < 4.78 is 5.48. The molecule has 5 aromatic rings. The number of nitrogens with zero attached hydrogens (tertiary/aromatic N) is 4. The number of rotatable bonds is 5. The van der Waals surface area contributed by atoms with Gasteiger partial charge in [0.1, 0.15) is 0 Å². The molecule has 0 saturated heterocycles. The highest BCUT2D eigenvalue weighted by molar-refractivity contribution is 5.95. The fourth-order valence-electron chi connectivity index (χ4n) is 4.40. The summed E-state index contributed by atoms with van der Waals surface area (Å²) in [4.78, 5) is 11.6. The van der Waals surface area contributed by atoms with Crippen LogP contribution in [0, 0.1) is 5.92 Å². The van der Waals surface area contributed by atoms with Crippen molar-refractivity contribution >= 4 is 22.9 Å². The summed E-state index contributed by atoms with van der Waals surface area (Å²) in [5.41, 5.74) is 17.2. The van der Waals surface area contributed by atoms with Crippen molar-refractivity contribution in [2.75, 3.05) is 11.5 Å². The lowest BCUT2D eigenvalue weighted by molar-refractivity contribution is 0.408. The van der Waals surface area contributed by atoms with Crippen LogP contribution < -0.4 is 11.5 Å². The Morgan fingerprint density at radius 2 is 1.67 bits per heavy atom. The van der Waals surface area contributed by atoms with Crippen molar-refractivity contribution in [2.24, 2.45) is 5.92 Å². The summed E-state index contributed by atoms with van der Waals surface area (Å²) in [5.74, 6) is 0.988. The number of anilines is 2. The Kier molecular flexibility index (Phi) is 4.85. The van der Waals surface area contributed by atoms with Crippen LogP contribution in [0.3, 0.4) is 0 Å². The van der Waals surface area contributed by atoms with E-state index in [9.17, 15) is 0 Å². The minimum atomic E-state index is -0.249. The summed E-state index contributed by atoms with van der Waals surface area (Å²) in [7, 11) is 0. The van der Waals surface area contributed by atoms with Crippen LogP contribution in [0.15, 0.2) is 65.5 Å². The highest BCUT2D eigenvalue weighted by Crippen LogP contribution is 2.44. The fraction of sp³-hybridized carbons (Fsp3) is 0.200. The molecule has 2 aromatic carbocycles. The van der Waals surface area contributed by atoms with Gasteiger partial charge in [-0.1, -0.05) is 62.3 Å². The molecule has 1 unspecified atom stereocenters. The smallest absolute Gasteiger partial charge is 0.313 e. The first-order valence-electron chi connectivity index (χ1n) is 10.8. The normalized spacial score (nSPS) is 13.5. The SMILES string of the molecule is CC(C)C(C)(c1ccc(-c2cnc(N)nc2)cc1)c1c[nH]c2c(-c3nnc(N)o3)cccc12. The van der Waals surface area contributed by atoms with Gasteiger partial charge in [-0.3, -0.25) is 0 Å². The Bertz CT molecular complexity index is 1420. The monoisotopic (exact) mass is 439 g/mol. The molecule has 0 fully saturated rings. The average molecular weight is 440 g/mol. The third kappa shape index (κ3) is 3.40. The molecule has 8 heteroatoms. The molecule has 0 radical (unpaired) electrons. The average Bonchev–Trinajstić information content (AvgIpc) is 3.45. The van der Waals surface area contributed by atoms with Crippen molar-refractivity contribution in [1.82, 2.24) is 25.1 Å². The van der Waals surface area contributed by atoms with E-state index in [4.69, 9.17) is 15.9 Å².